The van der Waals surface area contributed by atoms with Gasteiger partial charge in [0.15, 0.2) is 0 Å². The summed E-state index contributed by atoms with van der Waals surface area (Å²) >= 11 is 12.4. The molecule has 3 rings (SSSR count). The van der Waals surface area contributed by atoms with Crippen LogP contribution in [-0.2, 0) is 10.0 Å². The van der Waals surface area contributed by atoms with Gasteiger partial charge in [0, 0.05) is 38.4 Å². The fourth-order valence-corrected chi connectivity index (χ4v) is 5.75. The van der Waals surface area contributed by atoms with Crippen molar-refractivity contribution < 1.29 is 18.0 Å². The summed E-state index contributed by atoms with van der Waals surface area (Å²) in [6.45, 7) is 0.872. The molecule has 1 aliphatic heterocycles. The van der Waals surface area contributed by atoms with E-state index in [9.17, 15) is 18.0 Å². The van der Waals surface area contributed by atoms with Gasteiger partial charge in [-0.2, -0.15) is 4.31 Å². The number of halogens is 2. The van der Waals surface area contributed by atoms with Crippen LogP contribution in [0.2, 0.25) is 10.0 Å². The van der Waals surface area contributed by atoms with Crippen molar-refractivity contribution in [1.29, 1.82) is 0 Å². The lowest BCUT2D eigenvalue weighted by molar-refractivity contribution is 0.0827. The number of nitrogens with zero attached hydrogens (tertiary/aromatic N) is 2. The predicted molar refractivity (Wildman–Crippen MR) is 126 cm³/mol. The van der Waals surface area contributed by atoms with Gasteiger partial charge in [-0.1, -0.05) is 36.0 Å². The highest BCUT2D eigenvalue weighted by atomic mass is 35.5. The zero-order chi connectivity index (χ0) is 23.5. The number of carbonyl (C=O) groups excluding carboxylic acids is 2. The number of nitrogens with one attached hydrogen (secondary N) is 1. The summed E-state index contributed by atoms with van der Waals surface area (Å²) in [7, 11) is -0.582. The number of sulfonamides is 1. The van der Waals surface area contributed by atoms with Crippen molar-refractivity contribution in [1.82, 2.24) is 9.21 Å². The van der Waals surface area contributed by atoms with Gasteiger partial charge in [-0.15, -0.1) is 0 Å². The zero-order valence-corrected chi connectivity index (χ0v) is 20.2. The molecule has 1 heterocycles. The van der Waals surface area contributed by atoms with E-state index in [4.69, 9.17) is 23.2 Å². The molecule has 10 heteroatoms. The molecular weight excluding hydrogens is 473 g/mol. The average Bonchev–Trinajstić information content (AvgIpc) is 3.03. The summed E-state index contributed by atoms with van der Waals surface area (Å²) in [5.74, 6) is -0.773. The van der Waals surface area contributed by atoms with E-state index >= 15 is 0 Å². The minimum Gasteiger partial charge on any atom is -0.345 e. The van der Waals surface area contributed by atoms with Crippen molar-refractivity contribution in [2.75, 3.05) is 32.5 Å². The van der Waals surface area contributed by atoms with Gasteiger partial charge in [0.25, 0.3) is 11.8 Å². The Balaban J connectivity index is 1.84. The summed E-state index contributed by atoms with van der Waals surface area (Å²) in [6, 6.07) is 8.73. The first-order valence-electron chi connectivity index (χ1n) is 10.2. The highest BCUT2D eigenvalue weighted by Gasteiger charge is 2.28. The third-order valence-corrected chi connectivity index (χ3v) is 7.93. The SMILES string of the molecule is CN(C)C(=O)c1ccc(NC(=O)c2ccc(Cl)c(S(=O)(=O)N3CCCCCC3)c2)cc1Cl. The van der Waals surface area contributed by atoms with Crippen LogP contribution in [0.5, 0.6) is 0 Å². The molecule has 0 radical (unpaired) electrons. The minimum atomic E-state index is -3.82. The first kappa shape index (κ1) is 24.5. The summed E-state index contributed by atoms with van der Waals surface area (Å²) in [5.41, 5.74) is 0.835. The molecular formula is C22H25Cl2N3O4S. The number of hydrogen-bond donors (Lipinski definition) is 1. The molecule has 2 aromatic carbocycles. The predicted octanol–water partition coefficient (Wildman–Crippen LogP) is 4.51. The Morgan fingerprint density at radius 1 is 0.938 bits per heavy atom. The smallest absolute Gasteiger partial charge is 0.255 e. The second-order valence-corrected chi connectivity index (χ2v) is 10.5. The van der Waals surface area contributed by atoms with E-state index in [-0.39, 0.29) is 26.4 Å². The molecule has 0 aromatic heterocycles. The number of amides is 2. The molecule has 0 unspecified atom stereocenters. The van der Waals surface area contributed by atoms with Crippen LogP contribution >= 0.6 is 23.2 Å². The number of rotatable bonds is 5. The highest BCUT2D eigenvalue weighted by molar-refractivity contribution is 7.89. The lowest BCUT2D eigenvalue weighted by Crippen LogP contribution is -2.32. The molecule has 2 amide bonds. The van der Waals surface area contributed by atoms with Crippen LogP contribution in [0, 0.1) is 0 Å². The van der Waals surface area contributed by atoms with Crippen LogP contribution in [0.25, 0.3) is 0 Å². The third kappa shape index (κ3) is 5.43. The average molecular weight is 498 g/mol. The summed E-state index contributed by atoms with van der Waals surface area (Å²) in [6.07, 6.45) is 3.57. The normalized spacial score (nSPS) is 15.1. The van der Waals surface area contributed by atoms with Crippen LogP contribution < -0.4 is 5.32 Å². The summed E-state index contributed by atoms with van der Waals surface area (Å²) in [4.78, 5) is 26.2. The van der Waals surface area contributed by atoms with E-state index in [1.807, 2.05) is 0 Å². The van der Waals surface area contributed by atoms with Crippen LogP contribution in [0.4, 0.5) is 5.69 Å². The molecule has 32 heavy (non-hydrogen) atoms. The Bertz CT molecular complexity index is 1130. The fraction of sp³-hybridized carbons (Fsp3) is 0.364. The molecule has 0 spiro atoms. The van der Waals surface area contributed by atoms with Crippen LogP contribution in [-0.4, -0.2) is 56.6 Å². The van der Waals surface area contributed by atoms with E-state index in [0.29, 0.717) is 24.3 Å². The zero-order valence-electron chi connectivity index (χ0n) is 17.9. The first-order chi connectivity index (χ1) is 15.1. The Kier molecular flexibility index (Phi) is 7.82. The Hall–Kier alpha value is -2.13. The topological polar surface area (TPSA) is 86.8 Å². The van der Waals surface area contributed by atoms with Gasteiger partial charge >= 0.3 is 0 Å². The lowest BCUT2D eigenvalue weighted by Gasteiger charge is -2.21. The van der Waals surface area contributed by atoms with Gasteiger partial charge in [-0.3, -0.25) is 9.59 Å². The number of anilines is 1. The van der Waals surface area contributed by atoms with E-state index in [1.54, 1.807) is 20.2 Å². The Morgan fingerprint density at radius 2 is 1.59 bits per heavy atom. The second-order valence-electron chi connectivity index (χ2n) is 7.81. The Morgan fingerprint density at radius 3 is 2.19 bits per heavy atom. The molecule has 0 atom stereocenters. The van der Waals surface area contributed by atoms with Crippen LogP contribution in [0.15, 0.2) is 41.3 Å². The van der Waals surface area contributed by atoms with Gasteiger partial charge in [0.05, 0.1) is 15.6 Å². The van der Waals surface area contributed by atoms with Crippen molar-refractivity contribution in [3.63, 3.8) is 0 Å². The molecule has 172 valence electrons. The van der Waals surface area contributed by atoms with Crippen molar-refractivity contribution in [2.45, 2.75) is 30.6 Å². The van der Waals surface area contributed by atoms with Gasteiger partial charge in [-0.25, -0.2) is 8.42 Å². The summed E-state index contributed by atoms with van der Waals surface area (Å²) in [5, 5.41) is 2.95. The van der Waals surface area contributed by atoms with Crippen LogP contribution in [0.3, 0.4) is 0 Å². The molecule has 1 N–H and O–H groups in total. The second kappa shape index (κ2) is 10.2. The molecule has 1 aliphatic rings. The van der Waals surface area contributed by atoms with E-state index < -0.39 is 15.9 Å². The molecule has 7 nitrogen and oxygen atoms in total. The van der Waals surface area contributed by atoms with Gasteiger partial charge in [0.1, 0.15) is 4.90 Å². The van der Waals surface area contributed by atoms with Gasteiger partial charge in [0.2, 0.25) is 10.0 Å². The Labute approximate surface area is 198 Å². The van der Waals surface area contributed by atoms with Crippen molar-refractivity contribution in [3.8, 4) is 0 Å². The maximum atomic E-state index is 13.2. The number of benzene rings is 2. The third-order valence-electron chi connectivity index (χ3n) is 5.24. The van der Waals surface area contributed by atoms with Crippen molar-refractivity contribution >= 4 is 50.7 Å². The monoisotopic (exact) mass is 497 g/mol. The number of carbonyl (C=O) groups is 2. The molecule has 2 aromatic rings. The van der Waals surface area contributed by atoms with Crippen molar-refractivity contribution in [3.05, 3.63) is 57.6 Å². The maximum Gasteiger partial charge on any atom is 0.255 e. The lowest BCUT2D eigenvalue weighted by atomic mass is 10.1. The van der Waals surface area contributed by atoms with Crippen molar-refractivity contribution in [2.24, 2.45) is 0 Å². The largest absolute Gasteiger partial charge is 0.345 e. The number of hydrogen-bond acceptors (Lipinski definition) is 4. The quantitative estimate of drug-likeness (QED) is 0.657. The highest BCUT2D eigenvalue weighted by Crippen LogP contribution is 2.28. The minimum absolute atomic E-state index is 0.0698. The van der Waals surface area contributed by atoms with Crippen LogP contribution in [0.1, 0.15) is 46.4 Å². The molecule has 0 bridgehead atoms. The standard InChI is InChI=1S/C22H25Cl2N3O4S/c1-26(2)22(29)17-9-8-16(14-19(17)24)25-21(28)15-7-10-18(23)20(13-15)32(30,31)27-11-5-3-4-6-12-27/h7-10,13-14H,3-6,11-12H2,1-2H3,(H,25,28). The maximum absolute atomic E-state index is 13.2. The molecule has 0 saturated carbocycles. The van der Waals surface area contributed by atoms with Gasteiger partial charge < -0.3 is 10.2 Å². The molecule has 0 aliphatic carbocycles. The molecule has 1 saturated heterocycles. The summed E-state index contributed by atoms with van der Waals surface area (Å²) < 4.78 is 27.7. The first-order valence-corrected chi connectivity index (χ1v) is 12.4. The fourth-order valence-electron chi connectivity index (χ4n) is 3.47. The van der Waals surface area contributed by atoms with Gasteiger partial charge in [-0.05, 0) is 49.2 Å². The van der Waals surface area contributed by atoms with E-state index in [0.717, 1.165) is 25.7 Å². The molecule has 1 fully saturated rings. The van der Waals surface area contributed by atoms with E-state index in [1.165, 1.54) is 39.5 Å². The van der Waals surface area contributed by atoms with E-state index in [2.05, 4.69) is 5.32 Å².